The van der Waals surface area contributed by atoms with Crippen LogP contribution in [0.25, 0.3) is 0 Å². The van der Waals surface area contributed by atoms with Gasteiger partial charge in [-0.3, -0.25) is 9.59 Å². The first kappa shape index (κ1) is 59.0. The fourth-order valence-corrected chi connectivity index (χ4v) is 6.63. The lowest BCUT2D eigenvalue weighted by molar-refractivity contribution is -0.148. The second-order valence-corrected chi connectivity index (χ2v) is 16.2. The Morgan fingerprint density at radius 3 is 1.41 bits per heavy atom. The van der Waals surface area contributed by atoms with Gasteiger partial charge >= 0.3 is 5.97 Å². The largest absolute Gasteiger partial charge is 0.458 e. The van der Waals surface area contributed by atoms with E-state index in [0.717, 1.165) is 64.2 Å². The van der Waals surface area contributed by atoms with Crippen LogP contribution in [0.2, 0.25) is 0 Å². The van der Waals surface area contributed by atoms with Crippen molar-refractivity contribution < 1.29 is 24.5 Å². The van der Waals surface area contributed by atoms with Crippen LogP contribution in [0.3, 0.4) is 0 Å². The number of rotatable bonds is 42. The number of carbonyl (C=O) groups is 2. The molecule has 3 atom stereocenters. The van der Waals surface area contributed by atoms with Crippen LogP contribution >= 0.6 is 0 Å². The summed E-state index contributed by atoms with van der Waals surface area (Å²) in [4.78, 5) is 26.0. The van der Waals surface area contributed by atoms with E-state index in [1.54, 1.807) is 6.08 Å². The van der Waals surface area contributed by atoms with E-state index in [1.165, 1.54) is 70.6 Å². The lowest BCUT2D eigenvalue weighted by Gasteiger charge is -2.23. The maximum atomic E-state index is 13.2. The van der Waals surface area contributed by atoms with E-state index in [4.69, 9.17) is 4.74 Å². The van der Waals surface area contributed by atoms with Crippen LogP contribution in [0.4, 0.5) is 0 Å². The first-order chi connectivity index (χ1) is 31.0. The molecule has 0 aromatic rings. The van der Waals surface area contributed by atoms with Crippen LogP contribution in [0.1, 0.15) is 188 Å². The Morgan fingerprint density at radius 1 is 0.508 bits per heavy atom. The van der Waals surface area contributed by atoms with Gasteiger partial charge < -0.3 is 20.3 Å². The Morgan fingerprint density at radius 2 is 0.937 bits per heavy atom. The maximum absolute atomic E-state index is 13.2. The summed E-state index contributed by atoms with van der Waals surface area (Å²) in [5.74, 6) is -0.734. The summed E-state index contributed by atoms with van der Waals surface area (Å²) >= 11 is 0. The fourth-order valence-electron chi connectivity index (χ4n) is 6.63. The van der Waals surface area contributed by atoms with Crippen LogP contribution in [-0.2, 0) is 14.3 Å². The highest BCUT2D eigenvalue weighted by Gasteiger charge is 2.23. The number of carbonyl (C=O) groups excluding carboxylic acids is 2. The molecule has 6 heteroatoms. The molecule has 0 spiro atoms. The van der Waals surface area contributed by atoms with Crippen LogP contribution in [0.5, 0.6) is 0 Å². The van der Waals surface area contributed by atoms with Gasteiger partial charge in [-0.25, -0.2) is 0 Å². The minimum absolute atomic E-state index is 0.0850. The molecule has 0 aliphatic carbocycles. The van der Waals surface area contributed by atoms with E-state index in [0.29, 0.717) is 19.3 Å². The average molecular weight is 870 g/mol. The van der Waals surface area contributed by atoms with Crippen molar-refractivity contribution in [2.75, 3.05) is 6.61 Å². The van der Waals surface area contributed by atoms with E-state index < -0.39 is 18.2 Å². The van der Waals surface area contributed by atoms with E-state index in [2.05, 4.69) is 92.9 Å². The molecule has 3 N–H and O–H groups in total. The van der Waals surface area contributed by atoms with Gasteiger partial charge in [-0.05, 0) is 70.3 Å². The van der Waals surface area contributed by atoms with Gasteiger partial charge in [0.2, 0.25) is 5.91 Å². The Labute approximate surface area is 386 Å². The minimum atomic E-state index is -0.841. The molecular formula is C57H91NO5. The van der Waals surface area contributed by atoms with Crippen LogP contribution < -0.4 is 5.32 Å². The number of hydrogen-bond acceptors (Lipinski definition) is 5. The van der Waals surface area contributed by atoms with Crippen LogP contribution in [0, 0.1) is 0 Å². The van der Waals surface area contributed by atoms with Gasteiger partial charge in [0, 0.05) is 6.42 Å². The smallest absolute Gasteiger partial charge is 0.306 e. The normalized spacial score (nSPS) is 14.4. The minimum Gasteiger partial charge on any atom is -0.458 e. The number of aliphatic hydroxyl groups is 2. The van der Waals surface area contributed by atoms with Crippen molar-refractivity contribution in [3.8, 4) is 0 Å². The molecule has 0 saturated carbocycles. The van der Waals surface area contributed by atoms with E-state index in [9.17, 15) is 19.8 Å². The number of allylic oxidation sites excluding steroid dienone is 21. The third-order valence-electron chi connectivity index (χ3n) is 10.3. The molecule has 0 aromatic carbocycles. The quantitative estimate of drug-likeness (QED) is 0.0246. The molecule has 6 nitrogen and oxygen atoms in total. The third kappa shape index (κ3) is 44.4. The van der Waals surface area contributed by atoms with Crippen LogP contribution in [-0.4, -0.2) is 46.9 Å². The second-order valence-electron chi connectivity index (χ2n) is 16.2. The van der Waals surface area contributed by atoms with Crippen molar-refractivity contribution in [3.63, 3.8) is 0 Å². The van der Waals surface area contributed by atoms with Gasteiger partial charge in [0.15, 0.2) is 0 Å². The number of nitrogens with one attached hydrogen (secondary N) is 1. The summed E-state index contributed by atoms with van der Waals surface area (Å²) in [6.07, 6.45) is 69.7. The second kappa shape index (κ2) is 49.0. The Hall–Kier alpha value is -4.00. The summed E-state index contributed by atoms with van der Waals surface area (Å²) in [5, 5.41) is 23.7. The topological polar surface area (TPSA) is 95.9 Å². The number of amides is 1. The number of unbranched alkanes of at least 4 members (excludes halogenated alkanes) is 14. The molecule has 0 bridgehead atoms. The molecule has 0 fully saturated rings. The Kier molecular flexibility index (Phi) is 45.9. The fraction of sp³-hybridized carbons (Fsp3) is 0.579. The predicted octanol–water partition coefficient (Wildman–Crippen LogP) is 15.1. The van der Waals surface area contributed by atoms with Crippen molar-refractivity contribution in [3.05, 3.63) is 134 Å². The molecular weight excluding hydrogens is 779 g/mol. The first-order valence-corrected chi connectivity index (χ1v) is 25.0. The molecule has 0 aliphatic heterocycles. The lowest BCUT2D eigenvalue weighted by atomic mass is 10.0. The zero-order valence-corrected chi connectivity index (χ0v) is 40.1. The molecule has 354 valence electrons. The first-order valence-electron chi connectivity index (χ1n) is 25.0. The summed E-state index contributed by atoms with van der Waals surface area (Å²) in [5.41, 5.74) is 0. The number of aliphatic hydroxyl groups excluding tert-OH is 2. The molecule has 0 heterocycles. The van der Waals surface area contributed by atoms with Crippen molar-refractivity contribution in [2.24, 2.45) is 0 Å². The predicted molar refractivity (Wildman–Crippen MR) is 273 cm³/mol. The van der Waals surface area contributed by atoms with E-state index in [-0.39, 0.29) is 31.3 Å². The van der Waals surface area contributed by atoms with Crippen molar-refractivity contribution >= 4 is 11.9 Å². The SMILES string of the molecule is CC/C=C\C/C=C\C/C=C\C/C=C\C/C=C\C/C=C\C(CC(=O)NC(CO)C(O)CCCCCCCCCCCCCCCC)OC(=O)CCC/C=C/C=C\C=C/C=C/C=C/CC. The molecule has 0 saturated heterocycles. The molecule has 1 amide bonds. The zero-order valence-electron chi connectivity index (χ0n) is 40.1. The highest BCUT2D eigenvalue weighted by atomic mass is 16.5. The van der Waals surface area contributed by atoms with Gasteiger partial charge in [-0.2, -0.15) is 0 Å². The van der Waals surface area contributed by atoms with Gasteiger partial charge in [-0.15, -0.1) is 0 Å². The lowest BCUT2D eigenvalue weighted by Crippen LogP contribution is -2.46. The van der Waals surface area contributed by atoms with Gasteiger partial charge in [0.1, 0.15) is 6.10 Å². The van der Waals surface area contributed by atoms with Gasteiger partial charge in [0.25, 0.3) is 0 Å². The molecule has 0 rings (SSSR count). The van der Waals surface area contributed by atoms with Crippen molar-refractivity contribution in [1.82, 2.24) is 5.32 Å². The van der Waals surface area contributed by atoms with Crippen LogP contribution in [0.15, 0.2) is 134 Å². The van der Waals surface area contributed by atoms with Crippen molar-refractivity contribution in [1.29, 1.82) is 0 Å². The Bertz CT molecular complexity index is 1390. The summed E-state index contributed by atoms with van der Waals surface area (Å²) in [6, 6.07) is -0.767. The number of hydrogen-bond donors (Lipinski definition) is 3. The zero-order chi connectivity index (χ0) is 45.9. The van der Waals surface area contributed by atoms with Crippen molar-refractivity contribution in [2.45, 2.75) is 206 Å². The molecule has 63 heavy (non-hydrogen) atoms. The molecule has 0 aliphatic rings. The van der Waals surface area contributed by atoms with E-state index >= 15 is 0 Å². The van der Waals surface area contributed by atoms with Gasteiger partial charge in [0.05, 0.1) is 25.2 Å². The highest BCUT2D eigenvalue weighted by molar-refractivity contribution is 5.78. The number of ether oxygens (including phenoxy) is 1. The molecule has 0 radical (unpaired) electrons. The number of esters is 1. The molecule has 3 unspecified atom stereocenters. The summed E-state index contributed by atoms with van der Waals surface area (Å²) < 4.78 is 5.77. The molecule has 0 aromatic heterocycles. The van der Waals surface area contributed by atoms with E-state index in [1.807, 2.05) is 60.8 Å². The Balaban J connectivity index is 4.90. The average Bonchev–Trinajstić information content (AvgIpc) is 3.28. The van der Waals surface area contributed by atoms with Gasteiger partial charge in [-0.1, -0.05) is 238 Å². The standard InChI is InChI=1S/C57H91NO5/c1-4-7-10-13-16-19-22-25-27-28-29-31-33-36-39-42-45-48-53(63-57(62)50-47-44-41-38-35-30-24-21-18-15-12-9-6-3)51-56(61)58-54(52-59)55(60)49-46-43-40-37-34-32-26-23-20-17-14-11-8-5-2/h7,9-10,12,15-16,18-19,21,24-25,27,29-31,35-36,38-39,41,45,48,53-55,59-60H,4-6,8,11,13-14,17,20,22-23,26,28,32-34,37,40,42-44,46-47,49-52H2,1-3H3,(H,58,61)/b10-7-,12-9+,18-15+,19-16-,24-21-,27-25-,31-29-,35-30-,39-36-,41-38+,48-45-. The third-order valence-corrected chi connectivity index (χ3v) is 10.3. The highest BCUT2D eigenvalue weighted by Crippen LogP contribution is 2.15. The monoisotopic (exact) mass is 870 g/mol. The maximum Gasteiger partial charge on any atom is 0.306 e. The summed E-state index contributed by atoms with van der Waals surface area (Å²) in [7, 11) is 0. The summed E-state index contributed by atoms with van der Waals surface area (Å²) in [6.45, 7) is 6.15.